The van der Waals surface area contributed by atoms with Gasteiger partial charge in [-0.3, -0.25) is 4.90 Å². The minimum atomic E-state index is 0.832. The van der Waals surface area contributed by atoms with Crippen LogP contribution in [-0.2, 0) is 13.0 Å². The molecular weight excluding hydrogens is 220 g/mol. The topological polar surface area (TPSA) is 15.3 Å². The summed E-state index contributed by atoms with van der Waals surface area (Å²) in [4.78, 5) is 2.60. The van der Waals surface area contributed by atoms with Gasteiger partial charge in [0.05, 0.1) is 0 Å². The molecule has 1 atom stereocenters. The molecule has 0 aliphatic carbocycles. The van der Waals surface area contributed by atoms with E-state index in [0.29, 0.717) is 0 Å². The Morgan fingerprint density at radius 1 is 1.22 bits per heavy atom. The number of nitrogens with one attached hydrogen (secondary N) is 1. The average Bonchev–Trinajstić information content (AvgIpc) is 2.40. The van der Waals surface area contributed by atoms with Crippen LogP contribution in [-0.4, -0.2) is 31.6 Å². The van der Waals surface area contributed by atoms with Gasteiger partial charge in [-0.2, -0.15) is 0 Å². The molecule has 0 saturated carbocycles. The van der Waals surface area contributed by atoms with Crippen molar-refractivity contribution in [2.45, 2.75) is 32.7 Å². The van der Waals surface area contributed by atoms with Gasteiger partial charge in [-0.25, -0.2) is 0 Å². The van der Waals surface area contributed by atoms with Gasteiger partial charge < -0.3 is 5.32 Å². The molecule has 0 bridgehead atoms. The molecule has 2 heteroatoms. The van der Waals surface area contributed by atoms with Gasteiger partial charge in [0.1, 0.15) is 0 Å². The lowest BCUT2D eigenvalue weighted by atomic mass is 9.97. The largest absolute Gasteiger partial charge is 0.319 e. The lowest BCUT2D eigenvalue weighted by Crippen LogP contribution is -2.38. The normalized spacial score (nSPS) is 21.1. The number of likely N-dealkylation sites (tertiary alicyclic amines) is 1. The summed E-state index contributed by atoms with van der Waals surface area (Å²) in [5.41, 5.74) is 2.89. The summed E-state index contributed by atoms with van der Waals surface area (Å²) in [6.07, 6.45) is 3.86. The molecule has 0 spiro atoms. The molecule has 1 heterocycles. The van der Waals surface area contributed by atoms with E-state index in [4.69, 9.17) is 0 Å². The second-order valence-corrected chi connectivity index (χ2v) is 5.47. The molecule has 18 heavy (non-hydrogen) atoms. The second-order valence-electron chi connectivity index (χ2n) is 5.47. The van der Waals surface area contributed by atoms with Gasteiger partial charge in [0.25, 0.3) is 0 Å². The zero-order chi connectivity index (χ0) is 12.8. The highest BCUT2D eigenvalue weighted by Gasteiger charge is 2.18. The van der Waals surface area contributed by atoms with Gasteiger partial charge in [0.2, 0.25) is 0 Å². The average molecular weight is 246 g/mol. The first kappa shape index (κ1) is 13.6. The van der Waals surface area contributed by atoms with E-state index in [1.807, 2.05) is 0 Å². The Morgan fingerprint density at radius 3 is 2.61 bits per heavy atom. The second kappa shape index (κ2) is 6.91. The van der Waals surface area contributed by atoms with Gasteiger partial charge in [0, 0.05) is 13.1 Å². The molecule has 1 fully saturated rings. The fourth-order valence-corrected chi connectivity index (χ4v) is 2.89. The maximum atomic E-state index is 3.31. The van der Waals surface area contributed by atoms with Crippen LogP contribution < -0.4 is 5.32 Å². The summed E-state index contributed by atoms with van der Waals surface area (Å²) in [5.74, 6) is 0.832. The molecule has 0 amide bonds. The van der Waals surface area contributed by atoms with Crippen molar-refractivity contribution in [2.75, 3.05) is 26.7 Å². The van der Waals surface area contributed by atoms with Crippen LogP contribution in [0.3, 0.4) is 0 Å². The summed E-state index contributed by atoms with van der Waals surface area (Å²) in [7, 11) is 2.06. The van der Waals surface area contributed by atoms with Crippen molar-refractivity contribution in [3.63, 3.8) is 0 Å². The fourth-order valence-electron chi connectivity index (χ4n) is 2.89. The van der Waals surface area contributed by atoms with E-state index in [9.17, 15) is 0 Å². The van der Waals surface area contributed by atoms with Crippen LogP contribution in [0, 0.1) is 5.92 Å². The SMILES string of the molecule is CCc1ccc(CN2CCCC(CNC)C2)cc1. The van der Waals surface area contributed by atoms with Crippen molar-refractivity contribution >= 4 is 0 Å². The molecule has 1 aromatic rings. The lowest BCUT2D eigenvalue weighted by molar-refractivity contribution is 0.167. The summed E-state index contributed by atoms with van der Waals surface area (Å²) < 4.78 is 0. The Balaban J connectivity index is 1.87. The zero-order valence-corrected chi connectivity index (χ0v) is 11.8. The van der Waals surface area contributed by atoms with Crippen molar-refractivity contribution in [3.8, 4) is 0 Å². The first-order valence-corrected chi connectivity index (χ1v) is 7.26. The number of benzene rings is 1. The molecule has 1 aliphatic rings. The van der Waals surface area contributed by atoms with E-state index in [0.717, 1.165) is 25.4 Å². The Kier molecular flexibility index (Phi) is 5.21. The van der Waals surface area contributed by atoms with Crippen LogP contribution in [0.1, 0.15) is 30.9 Å². The number of rotatable bonds is 5. The maximum absolute atomic E-state index is 3.31. The molecule has 1 N–H and O–H groups in total. The third-order valence-corrected chi connectivity index (χ3v) is 3.93. The smallest absolute Gasteiger partial charge is 0.0233 e. The molecule has 1 saturated heterocycles. The number of aryl methyl sites for hydroxylation is 1. The molecule has 2 nitrogen and oxygen atoms in total. The predicted molar refractivity (Wildman–Crippen MR) is 77.7 cm³/mol. The minimum Gasteiger partial charge on any atom is -0.319 e. The zero-order valence-electron chi connectivity index (χ0n) is 11.8. The van der Waals surface area contributed by atoms with Crippen molar-refractivity contribution in [2.24, 2.45) is 5.92 Å². The number of nitrogens with zero attached hydrogens (tertiary/aromatic N) is 1. The third kappa shape index (κ3) is 3.82. The molecular formula is C16H26N2. The summed E-state index contributed by atoms with van der Waals surface area (Å²) in [6.45, 7) is 6.99. The summed E-state index contributed by atoms with van der Waals surface area (Å²) in [5, 5.41) is 3.31. The molecule has 100 valence electrons. The third-order valence-electron chi connectivity index (χ3n) is 3.93. The van der Waals surface area contributed by atoms with Crippen molar-refractivity contribution in [1.29, 1.82) is 0 Å². The van der Waals surface area contributed by atoms with Crippen LogP contribution in [0.5, 0.6) is 0 Å². The first-order valence-electron chi connectivity index (χ1n) is 7.26. The highest BCUT2D eigenvalue weighted by molar-refractivity contribution is 5.22. The molecule has 2 rings (SSSR count). The highest BCUT2D eigenvalue weighted by Crippen LogP contribution is 2.18. The molecule has 1 aromatic carbocycles. The van der Waals surface area contributed by atoms with Crippen LogP contribution in [0.4, 0.5) is 0 Å². The van der Waals surface area contributed by atoms with Gasteiger partial charge in [-0.1, -0.05) is 31.2 Å². The fraction of sp³-hybridized carbons (Fsp3) is 0.625. The van der Waals surface area contributed by atoms with Crippen LogP contribution in [0.2, 0.25) is 0 Å². The summed E-state index contributed by atoms with van der Waals surface area (Å²) >= 11 is 0. The number of piperidine rings is 1. The quantitative estimate of drug-likeness (QED) is 0.859. The standard InChI is InChI=1S/C16H26N2/c1-3-14-6-8-15(9-7-14)12-18-10-4-5-16(13-18)11-17-2/h6-9,16-17H,3-5,10-13H2,1-2H3. The van der Waals surface area contributed by atoms with Gasteiger partial charge in [0.15, 0.2) is 0 Å². The lowest BCUT2D eigenvalue weighted by Gasteiger charge is -2.32. The van der Waals surface area contributed by atoms with Gasteiger partial charge >= 0.3 is 0 Å². The van der Waals surface area contributed by atoms with E-state index in [1.165, 1.54) is 37.1 Å². The van der Waals surface area contributed by atoms with E-state index in [-0.39, 0.29) is 0 Å². The Labute approximate surface area is 111 Å². The minimum absolute atomic E-state index is 0.832. The van der Waals surface area contributed by atoms with Crippen LogP contribution >= 0.6 is 0 Å². The molecule has 1 unspecified atom stereocenters. The van der Waals surface area contributed by atoms with Crippen molar-refractivity contribution in [3.05, 3.63) is 35.4 Å². The summed E-state index contributed by atoms with van der Waals surface area (Å²) in [6, 6.07) is 9.12. The van der Waals surface area contributed by atoms with E-state index in [1.54, 1.807) is 0 Å². The van der Waals surface area contributed by atoms with Crippen LogP contribution in [0.15, 0.2) is 24.3 Å². The number of hydrogen-bond acceptors (Lipinski definition) is 2. The van der Waals surface area contributed by atoms with Crippen LogP contribution in [0.25, 0.3) is 0 Å². The molecule has 1 aliphatic heterocycles. The Hall–Kier alpha value is -0.860. The predicted octanol–water partition coefficient (Wildman–Crippen LogP) is 2.68. The maximum Gasteiger partial charge on any atom is 0.0233 e. The highest BCUT2D eigenvalue weighted by atomic mass is 15.1. The number of hydrogen-bond donors (Lipinski definition) is 1. The van der Waals surface area contributed by atoms with E-state index < -0.39 is 0 Å². The van der Waals surface area contributed by atoms with Crippen molar-refractivity contribution < 1.29 is 0 Å². The Morgan fingerprint density at radius 2 is 1.94 bits per heavy atom. The van der Waals surface area contributed by atoms with Gasteiger partial charge in [-0.15, -0.1) is 0 Å². The molecule has 0 aromatic heterocycles. The van der Waals surface area contributed by atoms with Crippen molar-refractivity contribution in [1.82, 2.24) is 10.2 Å². The van der Waals surface area contributed by atoms with E-state index >= 15 is 0 Å². The van der Waals surface area contributed by atoms with Gasteiger partial charge in [-0.05, 0) is 56.4 Å². The first-order chi connectivity index (χ1) is 8.81. The van der Waals surface area contributed by atoms with E-state index in [2.05, 4.69) is 48.5 Å². The monoisotopic (exact) mass is 246 g/mol. The Bertz CT molecular complexity index is 343. The molecule has 0 radical (unpaired) electrons.